The number of pyridine rings is 1. The van der Waals surface area contributed by atoms with E-state index in [0.717, 1.165) is 17.0 Å². The fraction of sp³-hybridized carbons (Fsp3) is 0.316. The summed E-state index contributed by atoms with van der Waals surface area (Å²) >= 11 is 0. The van der Waals surface area contributed by atoms with E-state index in [9.17, 15) is 9.90 Å². The summed E-state index contributed by atoms with van der Waals surface area (Å²) in [7, 11) is 1.60. The molecule has 2 aromatic rings. The molecule has 25 heavy (non-hydrogen) atoms. The molecule has 6 nitrogen and oxygen atoms in total. The molecule has 1 aromatic heterocycles. The van der Waals surface area contributed by atoms with E-state index in [0.29, 0.717) is 18.4 Å². The summed E-state index contributed by atoms with van der Waals surface area (Å²) in [5, 5.41) is 16.8. The number of aliphatic hydroxyl groups is 1. The number of hydrogen-bond donors (Lipinski definition) is 1. The number of carbonyl (C=O) groups excluding carboxylic acids is 1. The molecule has 0 radical (unpaired) electrons. The standard InChI is InChI=1S/C19H21N3O3/c1-3-16-13-19(24,15-8-10-20-11-9-15)22(21-16)18(23)12-14-4-6-17(25-2)7-5-14/h4-11,24H,3,12-13H2,1-2H3/t19-/m0/s1. The predicted octanol–water partition coefficient (Wildman–Crippen LogP) is 2.48. The molecule has 6 heteroatoms. The molecule has 1 N–H and O–H groups in total. The third-order valence-electron chi connectivity index (χ3n) is 4.34. The minimum absolute atomic E-state index is 0.151. The van der Waals surface area contributed by atoms with Crippen LogP contribution in [0.1, 0.15) is 30.9 Å². The molecule has 130 valence electrons. The first-order chi connectivity index (χ1) is 12.1. The third kappa shape index (κ3) is 3.39. The lowest BCUT2D eigenvalue weighted by Crippen LogP contribution is -2.44. The average molecular weight is 339 g/mol. The molecule has 0 saturated carbocycles. The first kappa shape index (κ1) is 17.1. The van der Waals surface area contributed by atoms with Crippen molar-refractivity contribution in [2.75, 3.05) is 7.11 Å². The Morgan fingerprint density at radius 1 is 1.24 bits per heavy atom. The number of methoxy groups -OCH3 is 1. The van der Waals surface area contributed by atoms with Gasteiger partial charge >= 0.3 is 0 Å². The Bertz CT molecular complexity index is 774. The molecule has 3 rings (SSSR count). The van der Waals surface area contributed by atoms with Crippen LogP contribution in [0.2, 0.25) is 0 Å². The van der Waals surface area contributed by atoms with Crippen molar-refractivity contribution in [3.8, 4) is 5.75 Å². The Hall–Kier alpha value is -2.73. The summed E-state index contributed by atoms with van der Waals surface area (Å²) in [6, 6.07) is 10.7. The normalized spacial score (nSPS) is 19.6. The molecule has 1 atom stereocenters. The van der Waals surface area contributed by atoms with Crippen molar-refractivity contribution in [1.82, 2.24) is 9.99 Å². The topological polar surface area (TPSA) is 75.0 Å². The maximum atomic E-state index is 12.8. The molecule has 1 aliphatic rings. The highest BCUT2D eigenvalue weighted by Gasteiger charge is 2.45. The van der Waals surface area contributed by atoms with Gasteiger partial charge in [-0.2, -0.15) is 10.1 Å². The Morgan fingerprint density at radius 3 is 2.52 bits per heavy atom. The number of aromatic nitrogens is 1. The van der Waals surface area contributed by atoms with Gasteiger partial charge in [0.05, 0.1) is 13.5 Å². The zero-order valence-corrected chi connectivity index (χ0v) is 14.3. The van der Waals surface area contributed by atoms with E-state index < -0.39 is 5.72 Å². The molecular weight excluding hydrogens is 318 g/mol. The zero-order chi connectivity index (χ0) is 17.9. The van der Waals surface area contributed by atoms with Crippen LogP contribution in [0.25, 0.3) is 0 Å². The number of hydrogen-bond acceptors (Lipinski definition) is 5. The molecule has 1 aromatic carbocycles. The summed E-state index contributed by atoms with van der Waals surface area (Å²) in [5.74, 6) is 0.477. The fourth-order valence-electron chi connectivity index (χ4n) is 2.91. The molecule has 1 amide bonds. The van der Waals surface area contributed by atoms with Crippen molar-refractivity contribution >= 4 is 11.6 Å². The molecule has 0 fully saturated rings. The highest BCUT2D eigenvalue weighted by molar-refractivity contribution is 5.91. The van der Waals surface area contributed by atoms with Crippen LogP contribution in [0.4, 0.5) is 0 Å². The fourth-order valence-corrected chi connectivity index (χ4v) is 2.91. The van der Waals surface area contributed by atoms with Crippen LogP contribution >= 0.6 is 0 Å². The van der Waals surface area contributed by atoms with Gasteiger partial charge in [0.15, 0.2) is 5.72 Å². The van der Waals surface area contributed by atoms with E-state index in [2.05, 4.69) is 10.1 Å². The molecular formula is C19H21N3O3. The SMILES string of the molecule is CCC1=NN(C(=O)Cc2ccc(OC)cc2)[C@@](O)(c2ccncc2)C1. The third-order valence-corrected chi connectivity index (χ3v) is 4.34. The van der Waals surface area contributed by atoms with Gasteiger partial charge in [-0.15, -0.1) is 0 Å². The highest BCUT2D eigenvalue weighted by Crippen LogP contribution is 2.36. The summed E-state index contributed by atoms with van der Waals surface area (Å²) in [4.78, 5) is 16.8. The first-order valence-corrected chi connectivity index (χ1v) is 8.22. The number of carbonyl (C=O) groups is 1. The number of ether oxygens (including phenoxy) is 1. The van der Waals surface area contributed by atoms with Crippen LogP contribution in [0, 0.1) is 0 Å². The van der Waals surface area contributed by atoms with E-state index in [4.69, 9.17) is 4.74 Å². The maximum absolute atomic E-state index is 12.8. The van der Waals surface area contributed by atoms with Crippen molar-refractivity contribution in [2.45, 2.75) is 31.9 Å². The summed E-state index contributed by atoms with van der Waals surface area (Å²) < 4.78 is 5.13. The van der Waals surface area contributed by atoms with Gasteiger partial charge in [-0.25, -0.2) is 0 Å². The van der Waals surface area contributed by atoms with Crippen LogP contribution < -0.4 is 4.74 Å². The lowest BCUT2D eigenvalue weighted by atomic mass is 9.97. The van der Waals surface area contributed by atoms with E-state index in [-0.39, 0.29) is 12.3 Å². The van der Waals surface area contributed by atoms with E-state index in [1.165, 1.54) is 5.01 Å². The molecule has 0 aliphatic carbocycles. The van der Waals surface area contributed by atoms with Crippen molar-refractivity contribution < 1.29 is 14.6 Å². The highest BCUT2D eigenvalue weighted by atomic mass is 16.5. The maximum Gasteiger partial charge on any atom is 0.250 e. The molecule has 0 saturated heterocycles. The van der Waals surface area contributed by atoms with Crippen molar-refractivity contribution in [3.63, 3.8) is 0 Å². The summed E-state index contributed by atoms with van der Waals surface area (Å²) in [6.07, 6.45) is 4.34. The molecule has 1 aliphatic heterocycles. The molecule has 0 unspecified atom stereocenters. The second-order valence-electron chi connectivity index (χ2n) is 5.98. The minimum Gasteiger partial charge on any atom is -0.497 e. The largest absolute Gasteiger partial charge is 0.497 e. The van der Waals surface area contributed by atoms with Gasteiger partial charge in [-0.1, -0.05) is 19.1 Å². The second kappa shape index (κ2) is 7.03. The van der Waals surface area contributed by atoms with Crippen LogP contribution in [0.3, 0.4) is 0 Å². The van der Waals surface area contributed by atoms with E-state index in [1.54, 1.807) is 31.6 Å². The van der Waals surface area contributed by atoms with Crippen LogP contribution in [-0.2, 0) is 16.9 Å². The number of benzene rings is 1. The second-order valence-corrected chi connectivity index (χ2v) is 5.98. The predicted molar refractivity (Wildman–Crippen MR) is 94.0 cm³/mol. The summed E-state index contributed by atoms with van der Waals surface area (Å²) in [6.45, 7) is 1.96. The van der Waals surface area contributed by atoms with Gasteiger partial charge in [0.1, 0.15) is 5.75 Å². The van der Waals surface area contributed by atoms with Gasteiger partial charge in [-0.05, 0) is 36.2 Å². The summed E-state index contributed by atoms with van der Waals surface area (Å²) in [5.41, 5.74) is 0.779. The average Bonchev–Trinajstić information content (AvgIpc) is 3.01. The van der Waals surface area contributed by atoms with Crippen LogP contribution in [0.15, 0.2) is 53.9 Å². The van der Waals surface area contributed by atoms with Crippen molar-refractivity contribution in [1.29, 1.82) is 0 Å². The smallest absolute Gasteiger partial charge is 0.250 e. The number of amides is 1. The minimum atomic E-state index is -1.46. The lowest BCUT2D eigenvalue weighted by molar-refractivity contribution is -0.157. The molecule has 0 spiro atoms. The lowest BCUT2D eigenvalue weighted by Gasteiger charge is -2.31. The van der Waals surface area contributed by atoms with E-state index in [1.807, 2.05) is 31.2 Å². The van der Waals surface area contributed by atoms with Gasteiger partial charge in [-0.3, -0.25) is 9.78 Å². The number of nitrogens with zero attached hydrogens (tertiary/aromatic N) is 3. The van der Waals surface area contributed by atoms with Gasteiger partial charge in [0.2, 0.25) is 5.91 Å². The molecule has 0 bridgehead atoms. The first-order valence-electron chi connectivity index (χ1n) is 8.22. The Labute approximate surface area is 146 Å². The van der Waals surface area contributed by atoms with Crippen LogP contribution in [0.5, 0.6) is 5.75 Å². The van der Waals surface area contributed by atoms with Gasteiger partial charge in [0, 0.05) is 30.1 Å². The van der Waals surface area contributed by atoms with Crippen molar-refractivity contribution in [2.24, 2.45) is 5.10 Å². The van der Waals surface area contributed by atoms with Crippen LogP contribution in [-0.4, -0.2) is 33.8 Å². The van der Waals surface area contributed by atoms with Crippen molar-refractivity contribution in [3.05, 3.63) is 59.9 Å². The quantitative estimate of drug-likeness (QED) is 0.908. The Morgan fingerprint density at radius 2 is 1.92 bits per heavy atom. The number of rotatable bonds is 5. The van der Waals surface area contributed by atoms with E-state index >= 15 is 0 Å². The Kier molecular flexibility index (Phi) is 4.81. The Balaban J connectivity index is 1.86. The monoisotopic (exact) mass is 339 g/mol. The zero-order valence-electron chi connectivity index (χ0n) is 14.3. The van der Waals surface area contributed by atoms with Gasteiger partial charge in [0.25, 0.3) is 0 Å². The van der Waals surface area contributed by atoms with Gasteiger partial charge < -0.3 is 9.84 Å². The number of hydrazone groups is 1. The molecule has 2 heterocycles.